The van der Waals surface area contributed by atoms with Crippen LogP contribution in [0.15, 0.2) is 0 Å². The van der Waals surface area contributed by atoms with Gasteiger partial charge in [-0.25, -0.2) is 0 Å². The maximum absolute atomic E-state index is 11.1. The summed E-state index contributed by atoms with van der Waals surface area (Å²) in [6.45, 7) is 12.5. The number of esters is 1. The molecule has 1 aliphatic heterocycles. The summed E-state index contributed by atoms with van der Waals surface area (Å²) in [6, 6.07) is 0. The van der Waals surface area contributed by atoms with E-state index >= 15 is 0 Å². The van der Waals surface area contributed by atoms with E-state index < -0.39 is 8.32 Å². The van der Waals surface area contributed by atoms with E-state index in [0.717, 1.165) is 38.7 Å². The summed E-state index contributed by atoms with van der Waals surface area (Å²) in [7, 11) is -0.311. The van der Waals surface area contributed by atoms with Crippen LogP contribution in [0.25, 0.3) is 0 Å². The minimum absolute atomic E-state index is 0.0961. The van der Waals surface area contributed by atoms with Gasteiger partial charge in [0, 0.05) is 13.0 Å². The van der Waals surface area contributed by atoms with Gasteiger partial charge in [0.15, 0.2) is 8.32 Å². The molecule has 0 bridgehead atoms. The molecule has 25 heavy (non-hydrogen) atoms. The fourth-order valence-corrected chi connectivity index (χ4v) is 4.40. The Morgan fingerprint density at radius 2 is 1.80 bits per heavy atom. The molecule has 1 saturated heterocycles. The van der Waals surface area contributed by atoms with Gasteiger partial charge in [-0.15, -0.1) is 0 Å². The highest BCUT2D eigenvalue weighted by Gasteiger charge is 2.41. The Balaban J connectivity index is 2.36. The predicted molar refractivity (Wildman–Crippen MR) is 105 cm³/mol. The second-order valence-electron chi connectivity index (χ2n) is 8.85. The van der Waals surface area contributed by atoms with Crippen LogP contribution in [0.3, 0.4) is 0 Å². The van der Waals surface area contributed by atoms with Gasteiger partial charge in [0.05, 0.1) is 19.3 Å². The Bertz CT molecular complexity index is 384. The third-order valence-electron chi connectivity index (χ3n) is 5.73. The number of hydrogen-bond donors (Lipinski definition) is 0. The molecule has 5 heteroatoms. The quantitative estimate of drug-likeness (QED) is 0.274. The van der Waals surface area contributed by atoms with Crippen LogP contribution in [0, 0.1) is 0 Å². The fraction of sp³-hybridized carbons (Fsp3) is 0.950. The first-order chi connectivity index (χ1) is 11.7. The molecule has 0 saturated carbocycles. The van der Waals surface area contributed by atoms with Crippen molar-refractivity contribution in [3.8, 4) is 0 Å². The molecule has 1 unspecified atom stereocenters. The van der Waals surface area contributed by atoms with Gasteiger partial charge in [0.2, 0.25) is 0 Å². The topological polar surface area (TPSA) is 44.8 Å². The molecular formula is C20H40O4Si. The molecule has 0 aliphatic carbocycles. The Morgan fingerprint density at radius 1 is 1.16 bits per heavy atom. The molecule has 0 aromatic heterocycles. The van der Waals surface area contributed by atoms with E-state index in [9.17, 15) is 4.79 Å². The van der Waals surface area contributed by atoms with E-state index in [1.54, 1.807) is 0 Å². The summed E-state index contributed by atoms with van der Waals surface area (Å²) in [4.78, 5) is 11.1. The summed E-state index contributed by atoms with van der Waals surface area (Å²) in [5, 5.41) is 0.234. The largest absolute Gasteiger partial charge is 0.469 e. The maximum Gasteiger partial charge on any atom is 0.305 e. The predicted octanol–water partition coefficient (Wildman–Crippen LogP) is 5.46. The molecule has 0 amide bonds. The highest BCUT2D eigenvalue weighted by atomic mass is 28.4. The van der Waals surface area contributed by atoms with Crippen LogP contribution >= 0.6 is 0 Å². The van der Waals surface area contributed by atoms with Gasteiger partial charge in [0.1, 0.15) is 0 Å². The minimum atomic E-state index is -1.76. The van der Waals surface area contributed by atoms with Crippen molar-refractivity contribution in [3.05, 3.63) is 0 Å². The molecule has 0 spiro atoms. The average Bonchev–Trinajstić information content (AvgIpc) is 3.05. The monoisotopic (exact) mass is 372 g/mol. The third kappa shape index (κ3) is 8.22. The molecule has 148 valence electrons. The molecule has 0 aromatic rings. The highest BCUT2D eigenvalue weighted by Crippen LogP contribution is 2.39. The SMILES string of the molecule is COC(=O)CCCCCCC[C@@H](O[Si](C)(C)C(C)(C)C)C1CCCO1. The van der Waals surface area contributed by atoms with E-state index in [1.165, 1.54) is 26.4 Å². The van der Waals surface area contributed by atoms with Crippen LogP contribution in [0.2, 0.25) is 18.1 Å². The van der Waals surface area contributed by atoms with Crippen molar-refractivity contribution in [1.29, 1.82) is 0 Å². The smallest absolute Gasteiger partial charge is 0.305 e. The van der Waals surface area contributed by atoms with Crippen molar-refractivity contribution < 1.29 is 18.7 Å². The Morgan fingerprint density at radius 3 is 2.36 bits per heavy atom. The zero-order chi connectivity index (χ0) is 18.9. The molecule has 0 N–H and O–H groups in total. The zero-order valence-corrected chi connectivity index (χ0v) is 18.4. The summed E-state index contributed by atoms with van der Waals surface area (Å²) < 4.78 is 17.3. The molecular weight excluding hydrogens is 332 g/mol. The van der Waals surface area contributed by atoms with E-state index in [-0.39, 0.29) is 23.2 Å². The van der Waals surface area contributed by atoms with Crippen molar-refractivity contribution in [2.75, 3.05) is 13.7 Å². The lowest BCUT2D eigenvalue weighted by molar-refractivity contribution is -0.140. The van der Waals surface area contributed by atoms with Gasteiger partial charge in [-0.3, -0.25) is 4.79 Å². The lowest BCUT2D eigenvalue weighted by Gasteiger charge is -2.40. The fourth-order valence-electron chi connectivity index (χ4n) is 3.02. The van der Waals surface area contributed by atoms with Gasteiger partial charge in [0.25, 0.3) is 0 Å². The molecule has 0 aromatic carbocycles. The second-order valence-corrected chi connectivity index (χ2v) is 13.6. The molecule has 1 fully saturated rings. The van der Waals surface area contributed by atoms with Gasteiger partial charge >= 0.3 is 5.97 Å². The minimum Gasteiger partial charge on any atom is -0.469 e. The van der Waals surface area contributed by atoms with Crippen LogP contribution in [0.1, 0.15) is 78.6 Å². The van der Waals surface area contributed by atoms with Crippen LogP contribution in [-0.4, -0.2) is 40.2 Å². The Kier molecular flexibility index (Phi) is 9.68. The van der Waals surface area contributed by atoms with E-state index in [4.69, 9.17) is 9.16 Å². The van der Waals surface area contributed by atoms with Crippen LogP contribution < -0.4 is 0 Å². The molecule has 2 atom stereocenters. The Labute approximate surface area is 156 Å². The van der Waals surface area contributed by atoms with Crippen molar-refractivity contribution >= 4 is 14.3 Å². The number of unbranched alkanes of at least 4 members (excludes halogenated alkanes) is 4. The van der Waals surface area contributed by atoms with E-state index in [2.05, 4.69) is 38.6 Å². The van der Waals surface area contributed by atoms with Gasteiger partial charge in [-0.1, -0.05) is 46.5 Å². The van der Waals surface area contributed by atoms with Crippen molar-refractivity contribution in [3.63, 3.8) is 0 Å². The standard InChI is InChI=1S/C20H40O4Si/c1-20(2,3)25(5,6)24-18(17-14-12-16-23-17)13-10-8-7-9-11-15-19(21)22-4/h17-18H,7-16H2,1-6H3/t17?,18-/m1/s1. The van der Waals surface area contributed by atoms with Gasteiger partial charge in [-0.05, 0) is 43.8 Å². The van der Waals surface area contributed by atoms with E-state index in [0.29, 0.717) is 6.42 Å². The average molecular weight is 373 g/mol. The van der Waals surface area contributed by atoms with E-state index in [1.807, 2.05) is 0 Å². The van der Waals surface area contributed by atoms with Crippen molar-refractivity contribution in [2.45, 2.75) is 109 Å². The first-order valence-electron chi connectivity index (χ1n) is 10.0. The molecule has 1 aliphatic rings. The summed E-state index contributed by atoms with van der Waals surface area (Å²) >= 11 is 0. The number of rotatable bonds is 11. The van der Waals surface area contributed by atoms with Gasteiger partial charge < -0.3 is 13.9 Å². The second kappa shape index (κ2) is 10.7. The Hall–Kier alpha value is -0.393. The number of ether oxygens (including phenoxy) is 2. The van der Waals surface area contributed by atoms with Crippen LogP contribution in [-0.2, 0) is 18.7 Å². The first-order valence-corrected chi connectivity index (χ1v) is 12.9. The zero-order valence-electron chi connectivity index (χ0n) is 17.4. The number of hydrogen-bond acceptors (Lipinski definition) is 4. The van der Waals surface area contributed by atoms with Gasteiger partial charge in [-0.2, -0.15) is 0 Å². The molecule has 1 rings (SSSR count). The molecule has 1 heterocycles. The molecule has 0 radical (unpaired) electrons. The van der Waals surface area contributed by atoms with Crippen LogP contribution in [0.4, 0.5) is 0 Å². The number of carbonyl (C=O) groups is 1. The van der Waals surface area contributed by atoms with Crippen LogP contribution in [0.5, 0.6) is 0 Å². The third-order valence-corrected chi connectivity index (χ3v) is 10.2. The summed E-state index contributed by atoms with van der Waals surface area (Å²) in [5.41, 5.74) is 0. The maximum atomic E-state index is 11.1. The lowest BCUT2D eigenvalue weighted by Crippen LogP contribution is -2.47. The first kappa shape index (κ1) is 22.6. The summed E-state index contributed by atoms with van der Waals surface area (Å²) in [6.07, 6.45) is 10.1. The normalized spacial score (nSPS) is 19.8. The lowest BCUT2D eigenvalue weighted by atomic mass is 10.0. The van der Waals surface area contributed by atoms with Crippen molar-refractivity contribution in [1.82, 2.24) is 0 Å². The highest BCUT2D eigenvalue weighted by molar-refractivity contribution is 6.74. The number of methoxy groups -OCH3 is 1. The number of carbonyl (C=O) groups excluding carboxylic acids is 1. The van der Waals surface area contributed by atoms with Crippen molar-refractivity contribution in [2.24, 2.45) is 0 Å². The molecule has 4 nitrogen and oxygen atoms in total. The summed E-state index contributed by atoms with van der Waals surface area (Å²) in [5.74, 6) is -0.0961.